The van der Waals surface area contributed by atoms with E-state index in [1.807, 2.05) is 25.7 Å². The molecule has 25 heavy (non-hydrogen) atoms. The SMILES string of the molecule is CC(C)N1CCN(C(=O)C2CCN(C(=O)OC(C)(C)C)CC2)CC1C. The number of carbonyl (C=O) groups is 2. The van der Waals surface area contributed by atoms with Gasteiger partial charge in [0.25, 0.3) is 0 Å². The van der Waals surface area contributed by atoms with Crippen molar-refractivity contribution in [2.45, 2.75) is 72.1 Å². The molecule has 6 nitrogen and oxygen atoms in total. The molecule has 0 saturated carbocycles. The fourth-order valence-corrected chi connectivity index (χ4v) is 3.83. The Labute approximate surface area is 152 Å². The van der Waals surface area contributed by atoms with E-state index in [1.165, 1.54) is 0 Å². The second-order valence-electron chi connectivity index (χ2n) is 8.71. The molecule has 0 N–H and O–H groups in total. The number of amides is 2. The number of rotatable bonds is 2. The number of likely N-dealkylation sites (tertiary alicyclic amines) is 1. The van der Waals surface area contributed by atoms with E-state index in [0.717, 1.165) is 32.5 Å². The number of carbonyl (C=O) groups excluding carboxylic acids is 2. The van der Waals surface area contributed by atoms with Crippen LogP contribution in [-0.4, -0.2) is 77.1 Å². The van der Waals surface area contributed by atoms with E-state index in [2.05, 4.69) is 25.7 Å². The summed E-state index contributed by atoms with van der Waals surface area (Å²) in [5.41, 5.74) is -0.476. The van der Waals surface area contributed by atoms with E-state index in [1.54, 1.807) is 4.90 Å². The number of hydrogen-bond donors (Lipinski definition) is 0. The van der Waals surface area contributed by atoms with Crippen LogP contribution in [0, 0.1) is 5.92 Å². The summed E-state index contributed by atoms with van der Waals surface area (Å²) in [5.74, 6) is 0.301. The summed E-state index contributed by atoms with van der Waals surface area (Å²) >= 11 is 0. The molecule has 2 aliphatic rings. The topological polar surface area (TPSA) is 53.1 Å². The van der Waals surface area contributed by atoms with Gasteiger partial charge in [-0.15, -0.1) is 0 Å². The molecule has 2 amide bonds. The first-order valence-corrected chi connectivity index (χ1v) is 9.61. The third-order valence-electron chi connectivity index (χ3n) is 5.15. The molecule has 0 aromatic heterocycles. The number of hydrogen-bond acceptors (Lipinski definition) is 4. The Morgan fingerprint density at radius 2 is 1.60 bits per heavy atom. The molecule has 0 aromatic rings. The number of ether oxygens (including phenoxy) is 1. The van der Waals surface area contributed by atoms with Crippen molar-refractivity contribution in [3.05, 3.63) is 0 Å². The molecule has 0 aliphatic carbocycles. The molecular weight excluding hydrogens is 318 g/mol. The van der Waals surface area contributed by atoms with Crippen molar-refractivity contribution >= 4 is 12.0 Å². The van der Waals surface area contributed by atoms with E-state index in [9.17, 15) is 9.59 Å². The van der Waals surface area contributed by atoms with Gasteiger partial charge in [-0.25, -0.2) is 4.79 Å². The van der Waals surface area contributed by atoms with Crippen LogP contribution in [0.4, 0.5) is 4.79 Å². The number of piperidine rings is 1. The summed E-state index contributed by atoms with van der Waals surface area (Å²) in [4.78, 5) is 31.2. The second-order valence-corrected chi connectivity index (χ2v) is 8.71. The normalized spacial score (nSPS) is 23.9. The molecule has 2 rings (SSSR count). The van der Waals surface area contributed by atoms with Crippen molar-refractivity contribution in [2.75, 3.05) is 32.7 Å². The molecule has 6 heteroatoms. The van der Waals surface area contributed by atoms with Gasteiger partial charge >= 0.3 is 6.09 Å². The average molecular weight is 354 g/mol. The molecule has 1 unspecified atom stereocenters. The minimum atomic E-state index is -0.476. The van der Waals surface area contributed by atoms with Gasteiger partial charge in [-0.05, 0) is 54.4 Å². The first-order chi connectivity index (χ1) is 11.6. The smallest absolute Gasteiger partial charge is 0.410 e. The van der Waals surface area contributed by atoms with Gasteiger partial charge in [0.2, 0.25) is 5.91 Å². The molecular formula is C19H35N3O3. The maximum Gasteiger partial charge on any atom is 0.410 e. The van der Waals surface area contributed by atoms with Gasteiger partial charge in [-0.3, -0.25) is 9.69 Å². The van der Waals surface area contributed by atoms with Crippen molar-refractivity contribution in [2.24, 2.45) is 5.92 Å². The first-order valence-electron chi connectivity index (χ1n) is 9.61. The zero-order chi connectivity index (χ0) is 18.8. The molecule has 0 aromatic carbocycles. The van der Waals surface area contributed by atoms with E-state index >= 15 is 0 Å². The van der Waals surface area contributed by atoms with Crippen LogP contribution < -0.4 is 0 Å². The van der Waals surface area contributed by atoms with Gasteiger partial charge in [0.05, 0.1) is 0 Å². The summed E-state index contributed by atoms with van der Waals surface area (Å²) in [6, 6.07) is 0.920. The number of nitrogens with zero attached hydrogens (tertiary/aromatic N) is 3. The van der Waals surface area contributed by atoms with Crippen LogP contribution in [0.1, 0.15) is 54.4 Å². The predicted molar refractivity (Wildman–Crippen MR) is 98.4 cm³/mol. The molecule has 0 radical (unpaired) electrons. The van der Waals surface area contributed by atoms with Crippen LogP contribution in [0.25, 0.3) is 0 Å². The minimum absolute atomic E-state index is 0.0384. The summed E-state index contributed by atoms with van der Waals surface area (Å²) < 4.78 is 5.42. The minimum Gasteiger partial charge on any atom is -0.444 e. The van der Waals surface area contributed by atoms with Crippen molar-refractivity contribution in [3.63, 3.8) is 0 Å². The Kier molecular flexibility index (Phi) is 6.35. The van der Waals surface area contributed by atoms with E-state index in [4.69, 9.17) is 4.74 Å². The Hall–Kier alpha value is -1.30. The zero-order valence-electron chi connectivity index (χ0n) is 16.7. The Morgan fingerprint density at radius 1 is 1.00 bits per heavy atom. The molecule has 2 fully saturated rings. The van der Waals surface area contributed by atoms with Crippen LogP contribution in [0.2, 0.25) is 0 Å². The largest absolute Gasteiger partial charge is 0.444 e. The van der Waals surface area contributed by atoms with Crippen molar-refractivity contribution < 1.29 is 14.3 Å². The van der Waals surface area contributed by atoms with Crippen LogP contribution in [0.3, 0.4) is 0 Å². The molecule has 0 bridgehead atoms. The van der Waals surface area contributed by atoms with E-state index in [-0.39, 0.29) is 17.9 Å². The third-order valence-corrected chi connectivity index (χ3v) is 5.15. The second kappa shape index (κ2) is 7.94. The van der Waals surface area contributed by atoms with Crippen molar-refractivity contribution in [1.82, 2.24) is 14.7 Å². The van der Waals surface area contributed by atoms with Gasteiger partial charge in [-0.1, -0.05) is 0 Å². The predicted octanol–water partition coefficient (Wildman–Crippen LogP) is 2.57. The highest BCUT2D eigenvalue weighted by atomic mass is 16.6. The van der Waals surface area contributed by atoms with Crippen LogP contribution >= 0.6 is 0 Å². The fourth-order valence-electron chi connectivity index (χ4n) is 3.83. The monoisotopic (exact) mass is 353 g/mol. The Bertz CT molecular complexity index is 479. The maximum absolute atomic E-state index is 12.9. The maximum atomic E-state index is 12.9. The number of piperazine rings is 1. The highest BCUT2D eigenvalue weighted by molar-refractivity contribution is 5.79. The molecule has 2 heterocycles. The first kappa shape index (κ1) is 20.0. The Morgan fingerprint density at radius 3 is 2.08 bits per heavy atom. The molecule has 144 valence electrons. The average Bonchev–Trinajstić information content (AvgIpc) is 2.52. The fraction of sp³-hybridized carbons (Fsp3) is 0.895. The van der Waals surface area contributed by atoms with E-state index in [0.29, 0.717) is 25.2 Å². The molecule has 0 spiro atoms. The van der Waals surface area contributed by atoms with Gasteiger partial charge in [0, 0.05) is 50.7 Å². The zero-order valence-corrected chi connectivity index (χ0v) is 16.7. The summed E-state index contributed by atoms with van der Waals surface area (Å²) in [6.07, 6.45) is 1.20. The van der Waals surface area contributed by atoms with Crippen LogP contribution in [0.5, 0.6) is 0 Å². The Balaban J connectivity index is 1.83. The van der Waals surface area contributed by atoms with Crippen molar-refractivity contribution in [1.29, 1.82) is 0 Å². The van der Waals surface area contributed by atoms with E-state index < -0.39 is 5.60 Å². The highest BCUT2D eigenvalue weighted by Gasteiger charge is 2.34. The molecule has 2 saturated heterocycles. The lowest BCUT2D eigenvalue weighted by Gasteiger charge is -2.43. The summed E-state index contributed by atoms with van der Waals surface area (Å²) in [5, 5.41) is 0. The summed E-state index contributed by atoms with van der Waals surface area (Å²) in [6.45, 7) is 16.0. The van der Waals surface area contributed by atoms with Gasteiger partial charge < -0.3 is 14.5 Å². The van der Waals surface area contributed by atoms with Crippen LogP contribution in [0.15, 0.2) is 0 Å². The molecule has 2 aliphatic heterocycles. The lowest BCUT2D eigenvalue weighted by Crippen LogP contribution is -2.57. The third kappa shape index (κ3) is 5.33. The van der Waals surface area contributed by atoms with Crippen molar-refractivity contribution in [3.8, 4) is 0 Å². The van der Waals surface area contributed by atoms with Gasteiger partial charge in [0.15, 0.2) is 0 Å². The lowest BCUT2D eigenvalue weighted by molar-refractivity contribution is -0.140. The van der Waals surface area contributed by atoms with Gasteiger partial charge in [0.1, 0.15) is 5.60 Å². The molecule has 1 atom stereocenters. The highest BCUT2D eigenvalue weighted by Crippen LogP contribution is 2.23. The quantitative estimate of drug-likeness (QED) is 0.766. The summed E-state index contributed by atoms with van der Waals surface area (Å²) in [7, 11) is 0. The standard InChI is InChI=1S/C19H35N3O3/c1-14(2)22-12-11-21(13-15(22)3)17(23)16-7-9-20(10-8-16)18(24)25-19(4,5)6/h14-16H,7-13H2,1-6H3. The van der Waals surface area contributed by atoms with Crippen LogP contribution in [-0.2, 0) is 9.53 Å². The lowest BCUT2D eigenvalue weighted by atomic mass is 9.94. The van der Waals surface area contributed by atoms with Gasteiger partial charge in [-0.2, -0.15) is 0 Å².